The van der Waals surface area contributed by atoms with Crippen LogP contribution in [-0.2, 0) is 18.2 Å². The molecule has 2 heterocycles. The normalized spacial score (nSPS) is 10.4. The highest BCUT2D eigenvalue weighted by Crippen LogP contribution is 2.12. The highest BCUT2D eigenvalue weighted by molar-refractivity contribution is 7.09. The smallest absolute Gasteiger partial charge is 0.358 e. The Bertz CT molecular complexity index is 485. The second-order valence-corrected chi connectivity index (χ2v) is 4.57. The second kappa shape index (κ2) is 5.01. The number of hydrogen-bond donors (Lipinski definition) is 1. The van der Waals surface area contributed by atoms with E-state index in [1.165, 1.54) is 15.8 Å². The van der Waals surface area contributed by atoms with Gasteiger partial charge in [-0.05, 0) is 11.4 Å². The summed E-state index contributed by atoms with van der Waals surface area (Å²) >= 11 is 1.64. The number of ether oxygens (including phenoxy) is 1. The molecule has 17 heavy (non-hydrogen) atoms. The van der Waals surface area contributed by atoms with Gasteiger partial charge >= 0.3 is 5.97 Å². The maximum absolute atomic E-state index is 11.7. The van der Waals surface area contributed by atoms with Gasteiger partial charge in [-0.3, -0.25) is 4.68 Å². The van der Waals surface area contributed by atoms with Crippen LogP contribution >= 0.6 is 11.3 Å². The zero-order valence-electron chi connectivity index (χ0n) is 9.42. The largest absolute Gasteiger partial charge is 0.461 e. The summed E-state index contributed by atoms with van der Waals surface area (Å²) in [7, 11) is 1.66. The van der Waals surface area contributed by atoms with Crippen LogP contribution in [0.2, 0.25) is 0 Å². The summed E-state index contributed by atoms with van der Waals surface area (Å²) in [6.45, 7) is 0.351. The summed E-state index contributed by atoms with van der Waals surface area (Å²) < 4.78 is 6.57. The van der Waals surface area contributed by atoms with Crippen molar-refractivity contribution in [3.05, 3.63) is 34.3 Å². The Morgan fingerprint density at radius 3 is 3.06 bits per heavy atom. The van der Waals surface area contributed by atoms with Crippen molar-refractivity contribution in [3.8, 4) is 0 Å². The number of nitrogen functional groups attached to an aromatic ring is 1. The minimum Gasteiger partial charge on any atom is -0.461 e. The fourth-order valence-electron chi connectivity index (χ4n) is 1.47. The number of rotatable bonds is 4. The molecule has 0 aliphatic heterocycles. The van der Waals surface area contributed by atoms with Gasteiger partial charge < -0.3 is 10.5 Å². The summed E-state index contributed by atoms with van der Waals surface area (Å²) in [5, 5.41) is 5.88. The molecule has 0 aliphatic rings. The van der Waals surface area contributed by atoms with Crippen LogP contribution < -0.4 is 5.73 Å². The van der Waals surface area contributed by atoms with Gasteiger partial charge in [-0.25, -0.2) is 4.79 Å². The molecule has 6 heteroatoms. The number of nitrogens with two attached hydrogens (primary N) is 1. The Hall–Kier alpha value is -1.82. The van der Waals surface area contributed by atoms with Gasteiger partial charge in [-0.15, -0.1) is 11.3 Å². The van der Waals surface area contributed by atoms with E-state index < -0.39 is 5.97 Å². The second-order valence-electron chi connectivity index (χ2n) is 3.54. The minimum atomic E-state index is -0.431. The van der Waals surface area contributed by atoms with Gasteiger partial charge in [0.05, 0.1) is 18.5 Å². The van der Waals surface area contributed by atoms with E-state index in [1.54, 1.807) is 18.4 Å². The van der Waals surface area contributed by atoms with Crippen molar-refractivity contribution in [2.24, 2.45) is 7.05 Å². The van der Waals surface area contributed by atoms with Crippen molar-refractivity contribution in [2.75, 3.05) is 12.3 Å². The molecule has 2 N–H and O–H groups in total. The summed E-state index contributed by atoms with van der Waals surface area (Å²) in [6.07, 6.45) is 2.16. The molecule has 0 fully saturated rings. The maximum atomic E-state index is 11.7. The fraction of sp³-hybridized carbons (Fsp3) is 0.273. The number of aryl methyl sites for hydroxylation is 1. The van der Waals surface area contributed by atoms with Crippen molar-refractivity contribution in [2.45, 2.75) is 6.42 Å². The number of carbonyl (C=O) groups excluding carboxylic acids is 1. The molecular weight excluding hydrogens is 238 g/mol. The molecule has 5 nitrogen and oxygen atoms in total. The van der Waals surface area contributed by atoms with Crippen molar-refractivity contribution < 1.29 is 9.53 Å². The summed E-state index contributed by atoms with van der Waals surface area (Å²) in [5.74, 6) is -0.431. The summed E-state index contributed by atoms with van der Waals surface area (Å²) in [6, 6.07) is 3.98. The molecule has 0 atom stereocenters. The van der Waals surface area contributed by atoms with Gasteiger partial charge in [0.1, 0.15) is 0 Å². The SMILES string of the molecule is Cn1ncc(N)c1C(=O)OCCc1cccs1. The van der Waals surface area contributed by atoms with Crippen LogP contribution in [0.4, 0.5) is 5.69 Å². The Balaban J connectivity index is 1.90. The standard InChI is InChI=1S/C11H13N3O2S/c1-14-10(9(12)7-13-14)11(15)16-5-4-8-3-2-6-17-8/h2-3,6-7H,4-5,12H2,1H3. The van der Waals surface area contributed by atoms with Crippen molar-refractivity contribution >= 4 is 23.0 Å². The Labute approximate surface area is 103 Å². The van der Waals surface area contributed by atoms with Crippen molar-refractivity contribution in [1.82, 2.24) is 9.78 Å². The third-order valence-corrected chi connectivity index (χ3v) is 3.26. The molecule has 2 rings (SSSR count). The van der Waals surface area contributed by atoms with E-state index in [1.807, 2.05) is 17.5 Å². The van der Waals surface area contributed by atoms with E-state index in [0.717, 1.165) is 6.42 Å². The first-order valence-electron chi connectivity index (χ1n) is 5.15. The van der Waals surface area contributed by atoms with E-state index in [4.69, 9.17) is 10.5 Å². The maximum Gasteiger partial charge on any atom is 0.358 e. The average molecular weight is 251 g/mol. The quantitative estimate of drug-likeness (QED) is 0.835. The molecule has 0 bridgehead atoms. The number of aromatic nitrogens is 2. The van der Waals surface area contributed by atoms with Gasteiger partial charge in [0.25, 0.3) is 0 Å². The highest BCUT2D eigenvalue weighted by Gasteiger charge is 2.16. The van der Waals surface area contributed by atoms with E-state index in [-0.39, 0.29) is 0 Å². The predicted molar refractivity (Wildman–Crippen MR) is 65.9 cm³/mol. The highest BCUT2D eigenvalue weighted by atomic mass is 32.1. The fourth-order valence-corrected chi connectivity index (χ4v) is 2.16. The molecule has 0 saturated carbocycles. The third-order valence-electron chi connectivity index (χ3n) is 2.32. The number of esters is 1. The molecule has 0 amide bonds. The lowest BCUT2D eigenvalue weighted by Crippen LogP contribution is -2.14. The van der Waals surface area contributed by atoms with Gasteiger partial charge in [0.15, 0.2) is 5.69 Å². The number of nitrogens with zero attached hydrogens (tertiary/aromatic N) is 2. The topological polar surface area (TPSA) is 70.1 Å². The Morgan fingerprint density at radius 2 is 2.47 bits per heavy atom. The first-order chi connectivity index (χ1) is 8.18. The lowest BCUT2D eigenvalue weighted by atomic mass is 10.3. The minimum absolute atomic E-state index is 0.302. The van der Waals surface area contributed by atoms with Crippen LogP contribution in [-0.4, -0.2) is 22.4 Å². The molecule has 90 valence electrons. The van der Waals surface area contributed by atoms with Crippen molar-refractivity contribution in [1.29, 1.82) is 0 Å². The van der Waals surface area contributed by atoms with E-state index in [0.29, 0.717) is 18.0 Å². The Kier molecular flexibility index (Phi) is 3.43. The lowest BCUT2D eigenvalue weighted by molar-refractivity contribution is 0.0498. The number of carbonyl (C=O) groups is 1. The van der Waals surface area contributed by atoms with Crippen LogP contribution in [0.25, 0.3) is 0 Å². The Morgan fingerprint density at radius 1 is 1.65 bits per heavy atom. The number of hydrogen-bond acceptors (Lipinski definition) is 5. The van der Waals surface area contributed by atoms with Crippen molar-refractivity contribution in [3.63, 3.8) is 0 Å². The van der Waals surface area contributed by atoms with Crippen LogP contribution in [0.3, 0.4) is 0 Å². The first-order valence-corrected chi connectivity index (χ1v) is 6.03. The number of anilines is 1. The zero-order valence-corrected chi connectivity index (χ0v) is 10.2. The number of thiophene rings is 1. The van der Waals surface area contributed by atoms with Crippen LogP contribution in [0, 0.1) is 0 Å². The van der Waals surface area contributed by atoms with E-state index >= 15 is 0 Å². The van der Waals surface area contributed by atoms with Gasteiger partial charge in [0.2, 0.25) is 0 Å². The van der Waals surface area contributed by atoms with E-state index in [9.17, 15) is 4.79 Å². The molecule has 0 saturated heterocycles. The zero-order chi connectivity index (χ0) is 12.3. The molecule has 0 aliphatic carbocycles. The molecule has 2 aromatic rings. The van der Waals surface area contributed by atoms with Crippen LogP contribution in [0.1, 0.15) is 15.4 Å². The van der Waals surface area contributed by atoms with Crippen LogP contribution in [0.5, 0.6) is 0 Å². The third kappa shape index (κ3) is 2.65. The monoisotopic (exact) mass is 251 g/mol. The van der Waals surface area contributed by atoms with Crippen LogP contribution in [0.15, 0.2) is 23.7 Å². The first kappa shape index (κ1) is 11.7. The predicted octanol–water partition coefficient (Wildman–Crippen LogP) is 1.46. The molecule has 2 aromatic heterocycles. The van der Waals surface area contributed by atoms with Gasteiger partial charge in [0, 0.05) is 18.3 Å². The molecule has 0 aromatic carbocycles. The summed E-state index contributed by atoms with van der Waals surface area (Å²) in [5.41, 5.74) is 6.27. The molecule has 0 unspecified atom stereocenters. The summed E-state index contributed by atoms with van der Waals surface area (Å²) in [4.78, 5) is 12.9. The lowest BCUT2D eigenvalue weighted by Gasteiger charge is -2.04. The van der Waals surface area contributed by atoms with Gasteiger partial charge in [-0.2, -0.15) is 5.10 Å². The molecule has 0 radical (unpaired) electrons. The van der Waals surface area contributed by atoms with E-state index in [2.05, 4.69) is 5.10 Å². The average Bonchev–Trinajstić information content (AvgIpc) is 2.89. The molecular formula is C11H13N3O2S. The molecule has 0 spiro atoms. The van der Waals surface area contributed by atoms with Gasteiger partial charge in [-0.1, -0.05) is 6.07 Å².